The zero-order chi connectivity index (χ0) is 37.9. The molecule has 0 saturated heterocycles. The Morgan fingerprint density at radius 1 is 0.466 bits per heavy atom. The van der Waals surface area contributed by atoms with Crippen LogP contribution in [0.1, 0.15) is 0 Å². The number of furan rings is 1. The van der Waals surface area contributed by atoms with E-state index in [0.29, 0.717) is 0 Å². The van der Waals surface area contributed by atoms with E-state index in [1.807, 2.05) is 23.5 Å². The maximum atomic E-state index is 6.66. The van der Waals surface area contributed by atoms with Crippen molar-refractivity contribution in [3.05, 3.63) is 191 Å². The molecular weight excluding hydrogens is 725 g/mol. The summed E-state index contributed by atoms with van der Waals surface area (Å²) in [5.74, 6) is 0. The van der Waals surface area contributed by atoms with E-state index in [9.17, 15) is 0 Å². The fourth-order valence-electron chi connectivity index (χ4n) is 9.48. The Balaban J connectivity index is 1.09. The smallest absolute Gasteiger partial charge is 0.143 e. The summed E-state index contributed by atoms with van der Waals surface area (Å²) in [6, 6.07) is 61.6. The van der Waals surface area contributed by atoms with Gasteiger partial charge >= 0.3 is 0 Å². The van der Waals surface area contributed by atoms with Gasteiger partial charge in [0.2, 0.25) is 0 Å². The van der Waals surface area contributed by atoms with Gasteiger partial charge in [-0.2, -0.15) is 0 Å². The molecule has 4 aromatic heterocycles. The zero-order valence-electron chi connectivity index (χ0n) is 31.0. The van der Waals surface area contributed by atoms with E-state index in [1.165, 1.54) is 58.3 Å². The third-order valence-electron chi connectivity index (χ3n) is 12.0. The lowest BCUT2D eigenvalue weighted by atomic mass is 9.99. The van der Waals surface area contributed by atoms with Crippen LogP contribution in [-0.2, 0) is 0 Å². The third kappa shape index (κ3) is 4.39. The summed E-state index contributed by atoms with van der Waals surface area (Å²) in [6.07, 6.45) is 4.12. The summed E-state index contributed by atoms with van der Waals surface area (Å²) in [5, 5.41) is 9.43. The molecule has 0 atom stereocenters. The lowest BCUT2D eigenvalue weighted by Gasteiger charge is -2.13. The van der Waals surface area contributed by atoms with Crippen molar-refractivity contribution in [1.29, 1.82) is 0 Å². The number of aromatic nitrogens is 2. The van der Waals surface area contributed by atoms with E-state index >= 15 is 0 Å². The highest BCUT2D eigenvalue weighted by molar-refractivity contribution is 7.17. The van der Waals surface area contributed by atoms with Crippen molar-refractivity contribution in [3.8, 4) is 33.6 Å². The standard InChI is InChI=1S/C54H30N2OS/c1-2-14-34(15-3-1)56-48-25-9-4-16-37(48)41-21-12-20-36(52(41)56)33-28-29-49-44(30-33)38-17-5-8-24-47(38)55(49)35-31-45-40-19-7-11-27-51(40)58-54(45)46(32-35)43-23-13-22-42-39-18-6-10-26-50(39)57-53(42)43/h1-6,8-18,20-32H. The van der Waals surface area contributed by atoms with Crippen molar-refractivity contribution in [2.24, 2.45) is 0 Å². The first-order chi connectivity index (χ1) is 28.8. The number of benzene rings is 8. The number of rotatable bonds is 4. The van der Waals surface area contributed by atoms with Crippen LogP contribution >= 0.6 is 11.3 Å². The van der Waals surface area contributed by atoms with Crippen molar-refractivity contribution < 1.29 is 4.42 Å². The van der Waals surface area contributed by atoms with Crippen LogP contribution in [0.5, 0.6) is 0 Å². The van der Waals surface area contributed by atoms with Crippen LogP contribution in [0.15, 0.2) is 186 Å². The molecule has 4 heteroatoms. The summed E-state index contributed by atoms with van der Waals surface area (Å²) in [7, 11) is 0. The molecule has 0 amide bonds. The van der Waals surface area contributed by atoms with Crippen LogP contribution in [0.25, 0.3) is 121 Å². The molecule has 0 fully saturated rings. The van der Waals surface area contributed by atoms with Gasteiger partial charge in [0.1, 0.15) is 11.2 Å². The lowest BCUT2D eigenvalue weighted by Crippen LogP contribution is -2.17. The molecule has 8 aromatic carbocycles. The minimum absolute atomic E-state index is 0.898. The Kier molecular flexibility index (Phi) is 6.52. The van der Waals surface area contributed by atoms with Gasteiger partial charge in [0.05, 0.1) is 27.3 Å². The summed E-state index contributed by atoms with van der Waals surface area (Å²) < 4.78 is 13.9. The number of nitrogens with zero attached hydrogens (tertiary/aromatic N) is 2. The van der Waals surface area contributed by atoms with Crippen LogP contribution in [-0.4, -0.2) is 9.13 Å². The van der Waals surface area contributed by atoms with Gasteiger partial charge in [-0.3, -0.25) is 0 Å². The highest BCUT2D eigenvalue weighted by Gasteiger charge is 2.21. The molecule has 268 valence electrons. The largest absolute Gasteiger partial charge is 0.455 e. The second kappa shape index (κ2) is 12.0. The molecule has 0 bridgehead atoms. The molecule has 1 aliphatic carbocycles. The molecule has 0 radical (unpaired) electrons. The Labute approximate surface area is 335 Å². The lowest BCUT2D eigenvalue weighted by molar-refractivity contribution is 0.670. The van der Waals surface area contributed by atoms with Gasteiger partial charge in [-0.05, 0) is 72.3 Å². The van der Waals surface area contributed by atoms with Crippen molar-refractivity contribution >= 4 is 98.8 Å². The minimum atomic E-state index is 0.898. The summed E-state index contributed by atoms with van der Waals surface area (Å²) in [6.45, 7) is 0. The number of para-hydroxylation sites is 6. The topological polar surface area (TPSA) is 23.0 Å². The molecule has 13 rings (SSSR count). The first kappa shape index (κ1) is 31.6. The van der Waals surface area contributed by atoms with Crippen LogP contribution in [0.3, 0.4) is 0 Å². The first-order valence-corrected chi connectivity index (χ1v) is 20.4. The normalized spacial score (nSPS) is 12.4. The predicted molar refractivity (Wildman–Crippen MR) is 244 cm³/mol. The second-order valence-corrected chi connectivity index (χ2v) is 16.1. The van der Waals surface area contributed by atoms with E-state index in [1.54, 1.807) is 0 Å². The average molecular weight is 755 g/mol. The maximum absolute atomic E-state index is 6.66. The Hall–Kier alpha value is -7.58. The molecule has 0 unspecified atom stereocenters. The average Bonchev–Trinajstić information content (AvgIpc) is 4.04. The highest BCUT2D eigenvalue weighted by atomic mass is 32.1. The fourth-order valence-corrected chi connectivity index (χ4v) is 10.7. The third-order valence-corrected chi connectivity index (χ3v) is 13.2. The van der Waals surface area contributed by atoms with Crippen LogP contribution in [0.4, 0.5) is 0 Å². The van der Waals surface area contributed by atoms with E-state index in [2.05, 4.69) is 190 Å². The molecule has 4 heterocycles. The molecule has 1 aliphatic rings. The van der Waals surface area contributed by atoms with Gasteiger partial charge in [0, 0.05) is 75.0 Å². The molecule has 0 saturated carbocycles. The SMILES string of the molecule is C1=C=c2c(sc3c(-c4cccc5c4oc4ccccc45)cc(-n4c5ccccc5c5cc(-c6cccc7c8ccccc8n(-c8ccccc8)c67)ccc54)cc23)=CC=1. The van der Waals surface area contributed by atoms with Crippen molar-refractivity contribution in [1.82, 2.24) is 9.13 Å². The first-order valence-electron chi connectivity index (χ1n) is 19.6. The number of fused-ring (bicyclic) bond motifs is 12. The van der Waals surface area contributed by atoms with E-state index in [0.717, 1.165) is 60.7 Å². The summed E-state index contributed by atoms with van der Waals surface area (Å²) in [4.78, 5) is 0. The van der Waals surface area contributed by atoms with Crippen LogP contribution in [0, 0.1) is 0 Å². The Morgan fingerprint density at radius 3 is 2.02 bits per heavy atom. The van der Waals surface area contributed by atoms with E-state index < -0.39 is 0 Å². The minimum Gasteiger partial charge on any atom is -0.455 e. The molecule has 58 heavy (non-hydrogen) atoms. The van der Waals surface area contributed by atoms with Crippen molar-refractivity contribution in [2.45, 2.75) is 0 Å². The van der Waals surface area contributed by atoms with Crippen molar-refractivity contribution in [3.63, 3.8) is 0 Å². The second-order valence-electron chi connectivity index (χ2n) is 15.1. The molecule has 0 spiro atoms. The monoisotopic (exact) mass is 754 g/mol. The van der Waals surface area contributed by atoms with Crippen molar-refractivity contribution in [2.75, 3.05) is 0 Å². The van der Waals surface area contributed by atoms with Crippen LogP contribution < -0.4 is 9.75 Å². The van der Waals surface area contributed by atoms with Gasteiger partial charge < -0.3 is 13.6 Å². The molecule has 0 N–H and O–H groups in total. The maximum Gasteiger partial charge on any atom is 0.143 e. The van der Waals surface area contributed by atoms with E-state index in [-0.39, 0.29) is 0 Å². The summed E-state index contributed by atoms with van der Waals surface area (Å²) in [5.41, 5.74) is 20.1. The van der Waals surface area contributed by atoms with Gasteiger partial charge in [0.15, 0.2) is 0 Å². The molecule has 3 nitrogen and oxygen atoms in total. The fraction of sp³-hybridized carbons (Fsp3) is 0. The highest BCUT2D eigenvalue weighted by Crippen LogP contribution is 2.43. The predicted octanol–water partition coefficient (Wildman–Crippen LogP) is 13.2. The zero-order valence-corrected chi connectivity index (χ0v) is 31.8. The van der Waals surface area contributed by atoms with E-state index in [4.69, 9.17) is 4.42 Å². The van der Waals surface area contributed by atoms with Gasteiger partial charge in [0.25, 0.3) is 0 Å². The number of thiophene rings is 1. The Morgan fingerprint density at radius 2 is 1.16 bits per heavy atom. The van der Waals surface area contributed by atoms with Gasteiger partial charge in [-0.1, -0.05) is 127 Å². The molecular formula is C54H30N2OS. The van der Waals surface area contributed by atoms with Gasteiger partial charge in [-0.25, -0.2) is 0 Å². The quantitative estimate of drug-likeness (QED) is 0.164. The number of allylic oxidation sites excluding steroid dienone is 1. The Bertz CT molecular complexity index is 3940. The molecule has 0 aliphatic heterocycles. The number of hydrogen-bond acceptors (Lipinski definition) is 2. The molecule has 12 aromatic rings. The van der Waals surface area contributed by atoms with Crippen LogP contribution in [0.2, 0.25) is 0 Å². The van der Waals surface area contributed by atoms with Gasteiger partial charge in [-0.15, -0.1) is 11.3 Å². The number of hydrogen-bond donors (Lipinski definition) is 0. The summed E-state index contributed by atoms with van der Waals surface area (Å²) >= 11 is 1.81.